The Morgan fingerprint density at radius 1 is 1.40 bits per heavy atom. The van der Waals surface area contributed by atoms with Crippen molar-refractivity contribution in [1.29, 1.82) is 0 Å². The van der Waals surface area contributed by atoms with Gasteiger partial charge >= 0.3 is 0 Å². The van der Waals surface area contributed by atoms with E-state index < -0.39 is 0 Å². The van der Waals surface area contributed by atoms with Gasteiger partial charge in [-0.1, -0.05) is 34.4 Å². The Bertz CT molecular complexity index is 697. The standard InChI is InChI=1S/C16H17Cl2N3O3.ClH/c17-12-4-1-5-13(18)15(12)23-9-11-7-14(21-24-11)16(22)20-10-3-2-6-19-8-10;/h1,4-5,7,10,19H,2-3,6,8-9H2,(H,20,22);1H/t10-;/m0./s1. The maximum absolute atomic E-state index is 12.2. The smallest absolute Gasteiger partial charge is 0.273 e. The van der Waals surface area contributed by atoms with Crippen molar-refractivity contribution in [3.63, 3.8) is 0 Å². The van der Waals surface area contributed by atoms with E-state index in [1.165, 1.54) is 0 Å². The molecular weight excluding hydrogens is 389 g/mol. The minimum Gasteiger partial charge on any atom is -0.482 e. The van der Waals surface area contributed by atoms with Crippen LogP contribution in [0.25, 0.3) is 0 Å². The summed E-state index contributed by atoms with van der Waals surface area (Å²) in [6.45, 7) is 1.84. The second kappa shape index (κ2) is 9.29. The number of hydrogen-bond donors (Lipinski definition) is 2. The topological polar surface area (TPSA) is 76.4 Å². The highest BCUT2D eigenvalue weighted by Crippen LogP contribution is 2.32. The number of nitrogens with zero attached hydrogens (tertiary/aromatic N) is 1. The van der Waals surface area contributed by atoms with Crippen LogP contribution in [0, 0.1) is 0 Å². The largest absolute Gasteiger partial charge is 0.482 e. The molecule has 1 aliphatic heterocycles. The number of halogens is 3. The lowest BCUT2D eigenvalue weighted by atomic mass is 10.1. The third-order valence-corrected chi connectivity index (χ3v) is 4.30. The molecule has 1 aliphatic rings. The van der Waals surface area contributed by atoms with Crippen molar-refractivity contribution in [2.24, 2.45) is 0 Å². The molecule has 1 saturated heterocycles. The van der Waals surface area contributed by atoms with Gasteiger partial charge in [-0.2, -0.15) is 0 Å². The van der Waals surface area contributed by atoms with E-state index in [2.05, 4.69) is 15.8 Å². The molecule has 25 heavy (non-hydrogen) atoms. The molecule has 9 heteroatoms. The number of amides is 1. The van der Waals surface area contributed by atoms with Crippen LogP contribution in [0.1, 0.15) is 29.1 Å². The Balaban J connectivity index is 0.00000225. The summed E-state index contributed by atoms with van der Waals surface area (Å²) in [6.07, 6.45) is 2.00. The van der Waals surface area contributed by atoms with Crippen molar-refractivity contribution in [2.45, 2.75) is 25.5 Å². The van der Waals surface area contributed by atoms with Crippen LogP contribution in [0.2, 0.25) is 10.0 Å². The first-order chi connectivity index (χ1) is 11.6. The molecule has 2 heterocycles. The van der Waals surface area contributed by atoms with E-state index in [4.69, 9.17) is 32.5 Å². The zero-order chi connectivity index (χ0) is 16.9. The second-order valence-electron chi connectivity index (χ2n) is 5.53. The van der Waals surface area contributed by atoms with Gasteiger partial charge in [-0.05, 0) is 31.5 Å². The Kier molecular flexibility index (Phi) is 7.38. The molecule has 1 amide bonds. The quantitative estimate of drug-likeness (QED) is 0.795. The molecular formula is C16H18Cl3N3O3. The lowest BCUT2D eigenvalue weighted by Gasteiger charge is -2.23. The molecule has 1 aromatic heterocycles. The van der Waals surface area contributed by atoms with Gasteiger partial charge in [0.2, 0.25) is 0 Å². The first kappa shape index (κ1) is 19.8. The highest BCUT2D eigenvalue weighted by Gasteiger charge is 2.19. The molecule has 2 aromatic rings. The van der Waals surface area contributed by atoms with E-state index >= 15 is 0 Å². The van der Waals surface area contributed by atoms with E-state index in [0.29, 0.717) is 21.6 Å². The average molecular weight is 407 g/mol. The number of hydrogen-bond acceptors (Lipinski definition) is 5. The van der Waals surface area contributed by atoms with Crippen molar-refractivity contribution in [2.75, 3.05) is 13.1 Å². The minimum atomic E-state index is -0.255. The molecule has 0 bridgehead atoms. The molecule has 0 spiro atoms. The van der Waals surface area contributed by atoms with Gasteiger partial charge in [0, 0.05) is 18.7 Å². The molecule has 1 atom stereocenters. The van der Waals surface area contributed by atoms with Crippen molar-refractivity contribution in [3.05, 3.63) is 45.8 Å². The van der Waals surface area contributed by atoms with Crippen molar-refractivity contribution in [3.8, 4) is 5.75 Å². The van der Waals surface area contributed by atoms with Crippen LogP contribution in [0.15, 0.2) is 28.8 Å². The maximum atomic E-state index is 12.2. The van der Waals surface area contributed by atoms with Gasteiger partial charge < -0.3 is 19.9 Å². The number of rotatable bonds is 5. The molecule has 1 aromatic carbocycles. The summed E-state index contributed by atoms with van der Waals surface area (Å²) in [5, 5.41) is 10.8. The number of carbonyl (C=O) groups excluding carboxylic acids is 1. The van der Waals surface area contributed by atoms with Crippen molar-refractivity contribution < 1.29 is 14.1 Å². The fourth-order valence-electron chi connectivity index (χ4n) is 2.49. The maximum Gasteiger partial charge on any atom is 0.273 e. The van der Waals surface area contributed by atoms with Crippen LogP contribution < -0.4 is 15.4 Å². The van der Waals surface area contributed by atoms with E-state index in [1.54, 1.807) is 24.3 Å². The van der Waals surface area contributed by atoms with Gasteiger partial charge in [0.25, 0.3) is 5.91 Å². The number of piperidine rings is 1. The van der Waals surface area contributed by atoms with Gasteiger partial charge in [-0.25, -0.2) is 0 Å². The summed E-state index contributed by atoms with van der Waals surface area (Å²) in [4.78, 5) is 12.2. The summed E-state index contributed by atoms with van der Waals surface area (Å²) in [7, 11) is 0. The number of para-hydroxylation sites is 1. The predicted octanol–water partition coefficient (Wildman–Crippen LogP) is 3.46. The molecule has 1 fully saturated rings. The number of nitrogens with one attached hydrogen (secondary N) is 2. The fourth-order valence-corrected chi connectivity index (χ4v) is 2.99. The van der Waals surface area contributed by atoms with Crippen LogP contribution in [-0.4, -0.2) is 30.2 Å². The minimum absolute atomic E-state index is 0. The molecule has 0 unspecified atom stereocenters. The lowest BCUT2D eigenvalue weighted by molar-refractivity contribution is 0.0921. The monoisotopic (exact) mass is 405 g/mol. The summed E-state index contributed by atoms with van der Waals surface area (Å²) in [6, 6.07) is 6.76. The first-order valence-electron chi connectivity index (χ1n) is 7.67. The van der Waals surface area contributed by atoms with Gasteiger partial charge in [0.05, 0.1) is 10.0 Å². The summed E-state index contributed by atoms with van der Waals surface area (Å²) < 4.78 is 10.7. The van der Waals surface area contributed by atoms with Crippen LogP contribution in [0.3, 0.4) is 0 Å². The van der Waals surface area contributed by atoms with Crippen LogP contribution in [-0.2, 0) is 6.61 Å². The van der Waals surface area contributed by atoms with Gasteiger partial charge in [-0.3, -0.25) is 4.79 Å². The number of benzene rings is 1. The van der Waals surface area contributed by atoms with E-state index in [1.807, 2.05) is 0 Å². The first-order valence-corrected chi connectivity index (χ1v) is 8.43. The van der Waals surface area contributed by atoms with E-state index in [-0.39, 0.29) is 36.7 Å². The fraction of sp³-hybridized carbons (Fsp3) is 0.375. The van der Waals surface area contributed by atoms with Gasteiger partial charge in [-0.15, -0.1) is 12.4 Å². The zero-order valence-electron chi connectivity index (χ0n) is 13.3. The Morgan fingerprint density at radius 2 is 2.16 bits per heavy atom. The van der Waals surface area contributed by atoms with Crippen molar-refractivity contribution in [1.82, 2.24) is 15.8 Å². The molecule has 6 nitrogen and oxygen atoms in total. The Hall–Kier alpha value is -1.47. The molecule has 136 valence electrons. The Labute approximate surface area is 161 Å². The number of carbonyl (C=O) groups is 1. The average Bonchev–Trinajstić information content (AvgIpc) is 3.04. The summed E-state index contributed by atoms with van der Waals surface area (Å²) in [5.41, 5.74) is 0.226. The van der Waals surface area contributed by atoms with Crippen molar-refractivity contribution >= 4 is 41.5 Å². The van der Waals surface area contributed by atoms with E-state index in [0.717, 1.165) is 25.9 Å². The molecule has 3 rings (SSSR count). The molecule has 0 saturated carbocycles. The predicted molar refractivity (Wildman–Crippen MR) is 97.9 cm³/mol. The SMILES string of the molecule is Cl.O=C(N[C@H]1CCCNC1)c1cc(COc2c(Cl)cccc2Cl)on1. The molecule has 0 aliphatic carbocycles. The summed E-state index contributed by atoms with van der Waals surface area (Å²) in [5.74, 6) is 0.531. The zero-order valence-corrected chi connectivity index (χ0v) is 15.6. The third kappa shape index (κ3) is 5.25. The number of ether oxygens (including phenoxy) is 1. The normalized spacial score (nSPS) is 16.8. The highest BCUT2D eigenvalue weighted by atomic mass is 35.5. The molecule has 2 N–H and O–H groups in total. The van der Waals surface area contributed by atoms with Gasteiger partial charge in [0.15, 0.2) is 17.2 Å². The van der Waals surface area contributed by atoms with E-state index in [9.17, 15) is 4.79 Å². The number of aromatic nitrogens is 1. The van der Waals surface area contributed by atoms with Crippen LogP contribution in [0.5, 0.6) is 5.75 Å². The second-order valence-corrected chi connectivity index (χ2v) is 6.35. The summed E-state index contributed by atoms with van der Waals surface area (Å²) >= 11 is 12.1. The van der Waals surface area contributed by atoms with Crippen LogP contribution in [0.4, 0.5) is 0 Å². The lowest BCUT2D eigenvalue weighted by Crippen LogP contribution is -2.45. The highest BCUT2D eigenvalue weighted by molar-refractivity contribution is 6.37. The molecule has 0 radical (unpaired) electrons. The van der Waals surface area contributed by atoms with Gasteiger partial charge in [0.1, 0.15) is 6.61 Å². The van der Waals surface area contributed by atoms with Crippen LogP contribution >= 0.6 is 35.6 Å². The third-order valence-electron chi connectivity index (χ3n) is 3.70. The Morgan fingerprint density at radius 3 is 2.84 bits per heavy atom.